The van der Waals surface area contributed by atoms with E-state index < -0.39 is 5.41 Å². The van der Waals surface area contributed by atoms with Gasteiger partial charge in [-0.15, -0.1) is 0 Å². The number of fused-ring (bicyclic) bond motifs is 17. The van der Waals surface area contributed by atoms with E-state index in [-0.39, 0.29) is 0 Å². The fraction of sp³-hybridized carbons (Fsp3) is 0.0769. The van der Waals surface area contributed by atoms with Gasteiger partial charge in [-0.1, -0.05) is 133 Å². The van der Waals surface area contributed by atoms with Gasteiger partial charge in [-0.25, -0.2) is 0 Å². The Bertz CT molecular complexity index is 2920. The third kappa shape index (κ3) is 3.97. The molecule has 0 heterocycles. The van der Waals surface area contributed by atoms with Crippen LogP contribution in [0.15, 0.2) is 170 Å². The van der Waals surface area contributed by atoms with Gasteiger partial charge in [0.05, 0.1) is 5.41 Å². The second-order valence-electron chi connectivity index (χ2n) is 15.0. The zero-order valence-electron chi connectivity index (χ0n) is 30.1. The largest absolute Gasteiger partial charge is 0.310 e. The number of nitrogens with zero attached hydrogens (tertiary/aromatic N) is 1. The van der Waals surface area contributed by atoms with Gasteiger partial charge in [0.15, 0.2) is 0 Å². The Morgan fingerprint density at radius 2 is 0.943 bits per heavy atom. The minimum absolute atomic E-state index is 0.479. The highest BCUT2D eigenvalue weighted by atomic mass is 15.1. The van der Waals surface area contributed by atoms with Crippen LogP contribution in [-0.4, -0.2) is 0 Å². The van der Waals surface area contributed by atoms with Gasteiger partial charge in [-0.05, 0) is 151 Å². The van der Waals surface area contributed by atoms with E-state index in [0.717, 1.165) is 11.4 Å². The lowest BCUT2D eigenvalue weighted by Gasteiger charge is -2.33. The van der Waals surface area contributed by atoms with Gasteiger partial charge in [-0.2, -0.15) is 0 Å². The third-order valence-electron chi connectivity index (χ3n) is 12.4. The second-order valence-corrected chi connectivity index (χ2v) is 15.0. The average Bonchev–Trinajstić information content (AvgIpc) is 3.68. The lowest BCUT2D eigenvalue weighted by Crippen LogP contribution is -2.26. The van der Waals surface area contributed by atoms with Crippen molar-refractivity contribution in [3.05, 3.63) is 209 Å². The van der Waals surface area contributed by atoms with E-state index in [1.807, 2.05) is 0 Å². The van der Waals surface area contributed by atoms with Gasteiger partial charge in [0.1, 0.15) is 0 Å². The molecule has 0 amide bonds. The summed E-state index contributed by atoms with van der Waals surface area (Å²) in [6.45, 7) is 6.67. The second kappa shape index (κ2) is 11.0. The quantitative estimate of drug-likeness (QED) is 0.169. The number of para-hydroxylation sites is 1. The molecule has 0 aliphatic heterocycles. The first-order valence-corrected chi connectivity index (χ1v) is 18.7. The molecule has 0 saturated heterocycles. The zero-order chi connectivity index (χ0) is 35.4. The maximum atomic E-state index is 2.42. The van der Waals surface area contributed by atoms with E-state index in [1.165, 1.54) is 99.2 Å². The highest BCUT2D eigenvalue weighted by molar-refractivity contribution is 6.21. The minimum atomic E-state index is -0.479. The fourth-order valence-electron chi connectivity index (χ4n) is 9.94. The molecule has 0 unspecified atom stereocenters. The molecule has 11 rings (SSSR count). The summed E-state index contributed by atoms with van der Waals surface area (Å²) in [6, 6.07) is 63.9. The lowest BCUT2D eigenvalue weighted by molar-refractivity contribution is 0.809. The number of benzene rings is 9. The zero-order valence-corrected chi connectivity index (χ0v) is 30.1. The van der Waals surface area contributed by atoms with Gasteiger partial charge in [0.2, 0.25) is 0 Å². The molecular weight excluding hydrogens is 639 g/mol. The van der Waals surface area contributed by atoms with Crippen LogP contribution in [0.2, 0.25) is 0 Å². The molecular formula is C52H37N. The van der Waals surface area contributed by atoms with Gasteiger partial charge >= 0.3 is 0 Å². The molecule has 250 valence electrons. The Balaban J connectivity index is 1.27. The van der Waals surface area contributed by atoms with Crippen LogP contribution in [0.5, 0.6) is 0 Å². The first-order chi connectivity index (χ1) is 26.1. The topological polar surface area (TPSA) is 3.24 Å². The molecule has 1 spiro atoms. The van der Waals surface area contributed by atoms with Crippen molar-refractivity contribution in [1.29, 1.82) is 0 Å². The predicted molar refractivity (Wildman–Crippen MR) is 224 cm³/mol. The summed E-state index contributed by atoms with van der Waals surface area (Å²) in [7, 11) is 0. The van der Waals surface area contributed by atoms with Crippen molar-refractivity contribution in [1.82, 2.24) is 0 Å². The first kappa shape index (κ1) is 30.2. The van der Waals surface area contributed by atoms with Crippen LogP contribution in [0.3, 0.4) is 0 Å². The summed E-state index contributed by atoms with van der Waals surface area (Å²) in [5, 5.41) is 7.80. The summed E-state index contributed by atoms with van der Waals surface area (Å²) >= 11 is 0. The van der Waals surface area contributed by atoms with Crippen LogP contribution >= 0.6 is 0 Å². The molecule has 0 radical (unpaired) electrons. The fourth-order valence-corrected chi connectivity index (χ4v) is 9.94. The van der Waals surface area contributed by atoms with E-state index in [9.17, 15) is 0 Å². The smallest absolute Gasteiger partial charge is 0.0737 e. The highest BCUT2D eigenvalue weighted by Crippen LogP contribution is 2.66. The maximum Gasteiger partial charge on any atom is 0.0737 e. The standard InChI is InChI=1S/C52H37N/c1-32-29-38(30-33(2)34(32)3)53(36-15-5-4-6-16-36)37-26-28-39-35(31-37)25-27-46-49-44-21-9-7-17-40(44)41-18-8-10-22-45(41)51(49)52(50(39)46)47-23-13-11-19-42(47)43-20-12-14-24-48(43)52/h4-31H,1-3H3. The molecule has 1 heteroatoms. The summed E-state index contributed by atoms with van der Waals surface area (Å²) in [5.41, 5.74) is 17.8. The number of rotatable bonds is 3. The molecule has 0 saturated carbocycles. The van der Waals surface area contributed by atoms with Crippen LogP contribution in [0.25, 0.3) is 54.6 Å². The van der Waals surface area contributed by atoms with Crippen molar-refractivity contribution >= 4 is 49.4 Å². The molecule has 9 aromatic carbocycles. The van der Waals surface area contributed by atoms with Gasteiger partial charge in [0, 0.05) is 17.1 Å². The molecule has 0 N–H and O–H groups in total. The molecule has 1 nitrogen and oxygen atoms in total. The van der Waals surface area contributed by atoms with Gasteiger partial charge in [0.25, 0.3) is 0 Å². The molecule has 0 atom stereocenters. The van der Waals surface area contributed by atoms with E-state index >= 15 is 0 Å². The van der Waals surface area contributed by atoms with Crippen LogP contribution in [0.4, 0.5) is 17.1 Å². The van der Waals surface area contributed by atoms with Crippen LogP contribution in [-0.2, 0) is 5.41 Å². The van der Waals surface area contributed by atoms with E-state index in [1.54, 1.807) is 0 Å². The SMILES string of the molecule is Cc1cc(N(c2ccccc2)c2ccc3c4c(ccc3c2)-c2c(c3ccccc3c3ccccc23)C42c3ccccc3-c3ccccc32)cc(C)c1C. The monoisotopic (exact) mass is 675 g/mol. The Morgan fingerprint density at radius 3 is 1.62 bits per heavy atom. The van der Waals surface area contributed by atoms with Crippen LogP contribution < -0.4 is 4.90 Å². The van der Waals surface area contributed by atoms with Crippen molar-refractivity contribution in [3.8, 4) is 22.3 Å². The molecule has 2 aliphatic carbocycles. The number of hydrogen-bond acceptors (Lipinski definition) is 1. The van der Waals surface area contributed by atoms with Crippen molar-refractivity contribution in [2.75, 3.05) is 4.90 Å². The van der Waals surface area contributed by atoms with Gasteiger partial charge < -0.3 is 4.90 Å². The summed E-state index contributed by atoms with van der Waals surface area (Å²) in [6.07, 6.45) is 0. The number of aryl methyl sites for hydroxylation is 2. The normalized spacial score (nSPS) is 13.3. The van der Waals surface area contributed by atoms with Crippen molar-refractivity contribution < 1.29 is 0 Å². The Hall–Kier alpha value is -6.44. The van der Waals surface area contributed by atoms with Gasteiger partial charge in [-0.3, -0.25) is 0 Å². The Kier molecular flexibility index (Phi) is 6.29. The summed E-state index contributed by atoms with van der Waals surface area (Å²) in [4.78, 5) is 2.41. The van der Waals surface area contributed by atoms with E-state index in [0.29, 0.717) is 0 Å². The molecule has 53 heavy (non-hydrogen) atoms. The molecule has 0 aromatic heterocycles. The van der Waals surface area contributed by atoms with E-state index in [4.69, 9.17) is 0 Å². The first-order valence-electron chi connectivity index (χ1n) is 18.7. The predicted octanol–water partition coefficient (Wildman–Crippen LogP) is 13.9. The average molecular weight is 676 g/mol. The highest BCUT2D eigenvalue weighted by Gasteiger charge is 2.53. The number of anilines is 3. The number of hydrogen-bond donors (Lipinski definition) is 0. The Labute approximate surface area is 310 Å². The molecule has 9 aromatic rings. The Morgan fingerprint density at radius 1 is 0.377 bits per heavy atom. The summed E-state index contributed by atoms with van der Waals surface area (Å²) < 4.78 is 0. The molecule has 0 fully saturated rings. The minimum Gasteiger partial charge on any atom is -0.310 e. The van der Waals surface area contributed by atoms with Crippen molar-refractivity contribution in [3.63, 3.8) is 0 Å². The van der Waals surface area contributed by atoms with E-state index in [2.05, 4.69) is 196 Å². The molecule has 2 aliphatic rings. The van der Waals surface area contributed by atoms with Crippen molar-refractivity contribution in [2.24, 2.45) is 0 Å². The lowest BCUT2D eigenvalue weighted by atomic mass is 9.68. The van der Waals surface area contributed by atoms with Crippen LogP contribution in [0.1, 0.15) is 38.9 Å². The third-order valence-corrected chi connectivity index (χ3v) is 12.4. The molecule has 0 bridgehead atoms. The van der Waals surface area contributed by atoms with Crippen LogP contribution in [0, 0.1) is 20.8 Å². The van der Waals surface area contributed by atoms with Crippen molar-refractivity contribution in [2.45, 2.75) is 26.2 Å². The maximum absolute atomic E-state index is 2.42. The summed E-state index contributed by atoms with van der Waals surface area (Å²) in [5.74, 6) is 0.